The predicted octanol–water partition coefficient (Wildman–Crippen LogP) is 2.02. The van der Waals surface area contributed by atoms with Crippen LogP contribution in [0.5, 0.6) is 0 Å². The van der Waals surface area contributed by atoms with Gasteiger partial charge in [0.05, 0.1) is 0 Å². The number of hydrogen-bond donors (Lipinski definition) is 2. The maximum Gasteiger partial charge on any atom is 0.317 e. The Labute approximate surface area is 151 Å². The van der Waals surface area contributed by atoms with Crippen LogP contribution in [-0.2, 0) is 19.1 Å². The lowest BCUT2D eigenvalue weighted by molar-refractivity contribution is -0.149. The molecule has 1 saturated carbocycles. The molecular formula is C20H24O6. The van der Waals surface area contributed by atoms with E-state index in [2.05, 4.69) is 0 Å². The van der Waals surface area contributed by atoms with Crippen LogP contribution in [0.2, 0.25) is 0 Å². The van der Waals surface area contributed by atoms with Gasteiger partial charge in [-0.2, -0.15) is 0 Å². The van der Waals surface area contributed by atoms with Crippen LogP contribution in [-0.4, -0.2) is 40.0 Å². The highest BCUT2D eigenvalue weighted by Crippen LogP contribution is 2.65. The van der Waals surface area contributed by atoms with Crippen molar-refractivity contribution < 1.29 is 29.3 Å². The number of allylic oxidation sites excluding steroid dienone is 1. The number of rotatable bonds is 1. The highest BCUT2D eigenvalue weighted by Gasteiger charge is 2.72. The monoisotopic (exact) mass is 360 g/mol. The first-order valence-corrected chi connectivity index (χ1v) is 9.22. The lowest BCUT2D eigenvalue weighted by Gasteiger charge is -2.52. The van der Waals surface area contributed by atoms with E-state index in [1.165, 1.54) is 0 Å². The second-order valence-corrected chi connectivity index (χ2v) is 8.97. The summed E-state index contributed by atoms with van der Waals surface area (Å²) in [6.45, 7) is 7.42. The summed E-state index contributed by atoms with van der Waals surface area (Å²) in [5.41, 5.74) is -1.57. The van der Waals surface area contributed by atoms with Gasteiger partial charge in [0.15, 0.2) is 0 Å². The zero-order valence-electron chi connectivity index (χ0n) is 15.5. The van der Waals surface area contributed by atoms with Gasteiger partial charge in [-0.05, 0) is 24.2 Å². The largest absolute Gasteiger partial charge is 0.507 e. The number of carbonyl (C=O) groups is 3. The molecule has 0 radical (unpaired) electrons. The highest BCUT2D eigenvalue weighted by atomic mass is 16.6. The molecule has 1 heterocycles. The van der Waals surface area contributed by atoms with Gasteiger partial charge in [-0.15, -0.1) is 0 Å². The van der Waals surface area contributed by atoms with Crippen molar-refractivity contribution in [2.24, 2.45) is 22.7 Å². The quantitative estimate of drug-likeness (QED) is 0.421. The average molecular weight is 360 g/mol. The lowest BCUT2D eigenvalue weighted by Crippen LogP contribution is -2.57. The fraction of sp³-hybridized carbons (Fsp3) is 0.650. The summed E-state index contributed by atoms with van der Waals surface area (Å²) in [6, 6.07) is 0. The second-order valence-electron chi connectivity index (χ2n) is 8.97. The van der Waals surface area contributed by atoms with Crippen molar-refractivity contribution in [3.8, 4) is 0 Å². The van der Waals surface area contributed by atoms with Crippen molar-refractivity contribution in [1.29, 1.82) is 0 Å². The minimum absolute atomic E-state index is 0.00423. The Hall–Kier alpha value is -1.95. The molecule has 1 saturated heterocycles. The molecule has 0 spiro atoms. The van der Waals surface area contributed by atoms with Crippen molar-refractivity contribution in [3.63, 3.8) is 0 Å². The smallest absolute Gasteiger partial charge is 0.317 e. The molecule has 6 nitrogen and oxygen atoms in total. The van der Waals surface area contributed by atoms with Crippen molar-refractivity contribution in [2.45, 2.75) is 59.2 Å². The lowest BCUT2D eigenvalue weighted by atomic mass is 9.48. The van der Waals surface area contributed by atoms with Crippen LogP contribution in [0.25, 0.3) is 0 Å². The molecule has 1 aliphatic heterocycles. The summed E-state index contributed by atoms with van der Waals surface area (Å²) in [7, 11) is 0. The number of carbonyl (C=O) groups excluding carboxylic acids is 3. The number of hydrogen-bond acceptors (Lipinski definition) is 6. The minimum Gasteiger partial charge on any atom is -0.507 e. The van der Waals surface area contributed by atoms with Gasteiger partial charge < -0.3 is 14.9 Å². The average Bonchev–Trinajstić information content (AvgIpc) is 2.80. The third-order valence-corrected chi connectivity index (χ3v) is 6.79. The molecule has 140 valence electrons. The van der Waals surface area contributed by atoms with E-state index >= 15 is 0 Å². The summed E-state index contributed by atoms with van der Waals surface area (Å²) in [5.74, 6) is -3.23. The number of ether oxygens (including phenoxy) is 1. The van der Waals surface area contributed by atoms with Gasteiger partial charge in [0, 0.05) is 22.6 Å². The Bertz CT molecular complexity index is 814. The highest BCUT2D eigenvalue weighted by molar-refractivity contribution is 6.51. The third kappa shape index (κ3) is 1.78. The van der Waals surface area contributed by atoms with E-state index in [0.29, 0.717) is 12.8 Å². The Balaban J connectivity index is 2.06. The van der Waals surface area contributed by atoms with Gasteiger partial charge in [0.2, 0.25) is 11.6 Å². The van der Waals surface area contributed by atoms with E-state index in [1.54, 1.807) is 13.8 Å². The summed E-state index contributed by atoms with van der Waals surface area (Å²) in [4.78, 5) is 38.8. The molecule has 2 bridgehead atoms. The van der Waals surface area contributed by atoms with Crippen molar-refractivity contribution in [3.05, 3.63) is 22.5 Å². The number of ketones is 2. The second kappa shape index (κ2) is 5.06. The summed E-state index contributed by atoms with van der Waals surface area (Å²) < 4.78 is 5.56. The molecule has 0 aromatic heterocycles. The van der Waals surface area contributed by atoms with Gasteiger partial charge in [-0.3, -0.25) is 14.4 Å². The Morgan fingerprint density at radius 3 is 2.38 bits per heavy atom. The van der Waals surface area contributed by atoms with Crippen LogP contribution in [0.4, 0.5) is 0 Å². The first-order chi connectivity index (χ1) is 12.1. The third-order valence-electron chi connectivity index (χ3n) is 6.79. The molecule has 0 aromatic carbocycles. The van der Waals surface area contributed by atoms with Crippen LogP contribution in [0.3, 0.4) is 0 Å². The molecule has 4 atom stereocenters. The van der Waals surface area contributed by atoms with E-state index in [-0.39, 0.29) is 33.8 Å². The van der Waals surface area contributed by atoms with Gasteiger partial charge in [0.25, 0.3) is 0 Å². The van der Waals surface area contributed by atoms with Gasteiger partial charge >= 0.3 is 5.97 Å². The first-order valence-electron chi connectivity index (χ1n) is 9.22. The molecule has 0 aromatic rings. The fourth-order valence-corrected chi connectivity index (χ4v) is 5.84. The Morgan fingerprint density at radius 2 is 1.77 bits per heavy atom. The number of esters is 1. The maximum absolute atomic E-state index is 13.1. The predicted molar refractivity (Wildman–Crippen MR) is 91.0 cm³/mol. The standard InChI is InChI=1S/C20H24O6/c1-8(2)9-12(21)10-11(15(24)13(9)22)20-7-5-6-19(3,4)17(20)16(14(10)23)26-18(20)25/h8,14,16-17,21,23H,5-7H2,1-4H3/t14-,16+,17-,20-/m0/s1. The zero-order valence-corrected chi connectivity index (χ0v) is 15.5. The van der Waals surface area contributed by atoms with Crippen LogP contribution >= 0.6 is 0 Å². The molecule has 2 fully saturated rings. The molecule has 6 heteroatoms. The number of aliphatic hydroxyl groups is 2. The number of Topliss-reactive ketones (excluding diaryl/α,β-unsaturated/α-hetero) is 2. The van der Waals surface area contributed by atoms with E-state index in [9.17, 15) is 24.6 Å². The van der Waals surface area contributed by atoms with Crippen LogP contribution in [0, 0.1) is 22.7 Å². The van der Waals surface area contributed by atoms with E-state index in [1.807, 2.05) is 13.8 Å². The zero-order chi connectivity index (χ0) is 19.2. The summed E-state index contributed by atoms with van der Waals surface area (Å²) in [6.07, 6.45) is -0.180. The van der Waals surface area contributed by atoms with Crippen LogP contribution < -0.4 is 0 Å². The Morgan fingerprint density at radius 1 is 1.12 bits per heavy atom. The molecule has 2 N–H and O–H groups in total. The van der Waals surface area contributed by atoms with Crippen molar-refractivity contribution in [1.82, 2.24) is 0 Å². The number of aliphatic hydroxyl groups excluding tert-OH is 2. The SMILES string of the molecule is CC(C)C1=C(O)C2=C(C(=O)C1=O)[C@@]13CCCC(C)(C)[C@@H]1[C@H](OC3=O)[C@H]2O. The minimum atomic E-state index is -1.31. The molecule has 0 unspecified atom stereocenters. The first kappa shape index (κ1) is 17.5. The molecule has 26 heavy (non-hydrogen) atoms. The summed E-state index contributed by atoms with van der Waals surface area (Å²) >= 11 is 0. The summed E-state index contributed by atoms with van der Waals surface area (Å²) in [5, 5.41) is 21.7. The van der Waals surface area contributed by atoms with E-state index in [0.717, 1.165) is 6.42 Å². The Kier molecular flexibility index (Phi) is 3.40. The molecule has 4 rings (SSSR count). The van der Waals surface area contributed by atoms with Crippen molar-refractivity contribution in [2.75, 3.05) is 0 Å². The topological polar surface area (TPSA) is 101 Å². The maximum atomic E-state index is 13.1. The van der Waals surface area contributed by atoms with E-state index in [4.69, 9.17) is 4.74 Å². The van der Waals surface area contributed by atoms with E-state index < -0.39 is 41.1 Å². The molecule has 3 aliphatic carbocycles. The normalized spacial score (nSPS) is 38.5. The van der Waals surface area contributed by atoms with Gasteiger partial charge in [-0.25, -0.2) is 0 Å². The van der Waals surface area contributed by atoms with Gasteiger partial charge in [0.1, 0.15) is 23.4 Å². The molecule has 0 amide bonds. The molecule has 4 aliphatic rings. The van der Waals surface area contributed by atoms with Crippen LogP contribution in [0.1, 0.15) is 47.0 Å². The molecular weight excluding hydrogens is 336 g/mol. The van der Waals surface area contributed by atoms with Crippen molar-refractivity contribution >= 4 is 17.5 Å². The van der Waals surface area contributed by atoms with Gasteiger partial charge in [-0.1, -0.05) is 34.1 Å². The van der Waals surface area contributed by atoms with Crippen LogP contribution in [0.15, 0.2) is 22.5 Å². The fourth-order valence-electron chi connectivity index (χ4n) is 5.84.